The Morgan fingerprint density at radius 2 is 2.21 bits per heavy atom. The molecule has 0 bridgehead atoms. The summed E-state index contributed by atoms with van der Waals surface area (Å²) in [7, 11) is 0. The van der Waals surface area contributed by atoms with Crippen molar-refractivity contribution >= 4 is 23.6 Å². The Labute approximate surface area is 87.4 Å². The average Bonchev–Trinajstić information content (AvgIpc) is 2.91. The van der Waals surface area contributed by atoms with Crippen molar-refractivity contribution in [3.05, 3.63) is 0 Å². The molecule has 5 heteroatoms. The molecule has 0 aliphatic heterocycles. The SMILES string of the molecule is CSCCCNC(=O)[C@@H]1C[C@@H]1C(=O)O. The van der Waals surface area contributed by atoms with Crippen LogP contribution in [0.15, 0.2) is 0 Å². The zero-order valence-corrected chi connectivity index (χ0v) is 8.97. The number of hydrogen-bond donors (Lipinski definition) is 2. The van der Waals surface area contributed by atoms with E-state index in [1.54, 1.807) is 11.8 Å². The number of carbonyl (C=O) groups is 2. The standard InChI is InChI=1S/C9H15NO3S/c1-14-4-2-3-10-8(11)6-5-7(6)9(12)13/h6-7H,2-5H2,1H3,(H,10,11)(H,12,13)/t6-,7+/m1/s1. The van der Waals surface area contributed by atoms with Gasteiger partial charge in [0.2, 0.25) is 5.91 Å². The second-order valence-corrected chi connectivity index (χ2v) is 4.41. The fourth-order valence-corrected chi connectivity index (χ4v) is 1.75. The molecule has 0 aromatic rings. The highest BCUT2D eigenvalue weighted by Crippen LogP contribution is 2.38. The number of carboxylic acids is 1. The zero-order valence-electron chi connectivity index (χ0n) is 8.16. The van der Waals surface area contributed by atoms with E-state index in [4.69, 9.17) is 5.11 Å². The Kier molecular flexibility index (Phi) is 4.25. The maximum Gasteiger partial charge on any atom is 0.307 e. The van der Waals surface area contributed by atoms with E-state index in [-0.39, 0.29) is 11.8 Å². The van der Waals surface area contributed by atoms with Crippen LogP contribution in [0.1, 0.15) is 12.8 Å². The highest BCUT2D eigenvalue weighted by Gasteiger charge is 2.48. The number of rotatable bonds is 6. The number of hydrogen-bond acceptors (Lipinski definition) is 3. The van der Waals surface area contributed by atoms with Crippen molar-refractivity contribution in [1.29, 1.82) is 0 Å². The van der Waals surface area contributed by atoms with Gasteiger partial charge in [0.1, 0.15) is 0 Å². The first kappa shape index (κ1) is 11.4. The van der Waals surface area contributed by atoms with Crippen LogP contribution in [0.4, 0.5) is 0 Å². The quantitative estimate of drug-likeness (QED) is 0.639. The van der Waals surface area contributed by atoms with Crippen LogP contribution in [-0.2, 0) is 9.59 Å². The predicted octanol–water partition coefficient (Wildman–Crippen LogP) is 0.576. The summed E-state index contributed by atoms with van der Waals surface area (Å²) in [5.41, 5.74) is 0. The molecule has 0 unspecified atom stereocenters. The normalized spacial score (nSPS) is 24.4. The smallest absolute Gasteiger partial charge is 0.307 e. The zero-order chi connectivity index (χ0) is 10.6. The molecule has 1 aliphatic carbocycles. The van der Waals surface area contributed by atoms with Crippen molar-refractivity contribution in [3.8, 4) is 0 Å². The van der Waals surface area contributed by atoms with E-state index in [2.05, 4.69) is 5.32 Å². The van der Waals surface area contributed by atoms with Gasteiger partial charge in [0, 0.05) is 6.54 Å². The summed E-state index contributed by atoms with van der Waals surface area (Å²) in [4.78, 5) is 21.8. The average molecular weight is 217 g/mol. The van der Waals surface area contributed by atoms with Crippen molar-refractivity contribution < 1.29 is 14.7 Å². The van der Waals surface area contributed by atoms with E-state index in [1.807, 2.05) is 6.26 Å². The summed E-state index contributed by atoms with van der Waals surface area (Å²) in [5.74, 6) is -0.641. The lowest BCUT2D eigenvalue weighted by Gasteiger charge is -2.02. The lowest BCUT2D eigenvalue weighted by Crippen LogP contribution is -2.27. The number of amides is 1. The third-order valence-electron chi connectivity index (χ3n) is 2.27. The second-order valence-electron chi connectivity index (χ2n) is 3.42. The Balaban J connectivity index is 2.09. The van der Waals surface area contributed by atoms with E-state index < -0.39 is 11.9 Å². The minimum Gasteiger partial charge on any atom is -0.481 e. The van der Waals surface area contributed by atoms with Crippen molar-refractivity contribution in [2.75, 3.05) is 18.6 Å². The van der Waals surface area contributed by atoms with Crippen LogP contribution in [0.3, 0.4) is 0 Å². The van der Waals surface area contributed by atoms with Crippen LogP contribution in [-0.4, -0.2) is 35.5 Å². The van der Waals surface area contributed by atoms with Gasteiger partial charge < -0.3 is 10.4 Å². The van der Waals surface area contributed by atoms with Crippen molar-refractivity contribution in [3.63, 3.8) is 0 Å². The van der Waals surface area contributed by atoms with Gasteiger partial charge in [-0.15, -0.1) is 0 Å². The summed E-state index contributed by atoms with van der Waals surface area (Å²) < 4.78 is 0. The van der Waals surface area contributed by atoms with Gasteiger partial charge in [-0.2, -0.15) is 11.8 Å². The Morgan fingerprint density at radius 3 is 2.71 bits per heavy atom. The molecule has 0 aromatic heterocycles. The molecule has 1 amide bonds. The molecule has 1 aliphatic rings. The van der Waals surface area contributed by atoms with Crippen LogP contribution in [0, 0.1) is 11.8 Å². The molecule has 0 heterocycles. The molecule has 2 N–H and O–H groups in total. The fourth-order valence-electron chi connectivity index (χ4n) is 1.32. The Bertz CT molecular complexity index is 232. The van der Waals surface area contributed by atoms with Gasteiger partial charge in [0.05, 0.1) is 11.8 Å². The molecule has 1 rings (SSSR count). The van der Waals surface area contributed by atoms with Crippen LogP contribution >= 0.6 is 11.8 Å². The van der Waals surface area contributed by atoms with Crippen molar-refractivity contribution in [2.24, 2.45) is 11.8 Å². The predicted molar refractivity (Wildman–Crippen MR) is 55.2 cm³/mol. The van der Waals surface area contributed by atoms with Crippen molar-refractivity contribution in [2.45, 2.75) is 12.8 Å². The number of nitrogens with one attached hydrogen (secondary N) is 1. The number of carboxylic acid groups (broad SMARTS) is 1. The maximum atomic E-state index is 11.3. The highest BCUT2D eigenvalue weighted by atomic mass is 32.2. The lowest BCUT2D eigenvalue weighted by molar-refractivity contribution is -0.140. The molecule has 4 nitrogen and oxygen atoms in total. The highest BCUT2D eigenvalue weighted by molar-refractivity contribution is 7.98. The summed E-state index contributed by atoms with van der Waals surface area (Å²) in [6.07, 6.45) is 3.46. The van der Waals surface area contributed by atoms with Gasteiger partial charge >= 0.3 is 5.97 Å². The largest absolute Gasteiger partial charge is 0.481 e. The number of carbonyl (C=O) groups excluding carboxylic acids is 1. The molecule has 0 radical (unpaired) electrons. The molecule has 14 heavy (non-hydrogen) atoms. The van der Waals surface area contributed by atoms with Gasteiger partial charge in [-0.05, 0) is 24.9 Å². The van der Waals surface area contributed by atoms with E-state index in [0.29, 0.717) is 13.0 Å². The number of thioether (sulfide) groups is 1. The number of aliphatic carboxylic acids is 1. The Hall–Kier alpha value is -0.710. The first-order valence-corrected chi connectivity index (χ1v) is 6.05. The van der Waals surface area contributed by atoms with Crippen molar-refractivity contribution in [1.82, 2.24) is 5.32 Å². The Morgan fingerprint density at radius 1 is 1.50 bits per heavy atom. The summed E-state index contributed by atoms with van der Waals surface area (Å²) in [6.45, 7) is 0.655. The molecular weight excluding hydrogens is 202 g/mol. The molecule has 0 aromatic carbocycles. The molecule has 1 fully saturated rings. The van der Waals surface area contributed by atoms with Gasteiger partial charge in [0.15, 0.2) is 0 Å². The topological polar surface area (TPSA) is 66.4 Å². The molecular formula is C9H15NO3S. The maximum absolute atomic E-state index is 11.3. The van der Waals surface area contributed by atoms with Crippen LogP contribution in [0.25, 0.3) is 0 Å². The van der Waals surface area contributed by atoms with Crippen LogP contribution in [0.5, 0.6) is 0 Å². The summed E-state index contributed by atoms with van der Waals surface area (Å²) in [5, 5.41) is 11.3. The van der Waals surface area contributed by atoms with Gasteiger partial charge in [-0.3, -0.25) is 9.59 Å². The van der Waals surface area contributed by atoms with Gasteiger partial charge in [-0.1, -0.05) is 0 Å². The van der Waals surface area contributed by atoms with Gasteiger partial charge in [0.25, 0.3) is 0 Å². The van der Waals surface area contributed by atoms with E-state index in [0.717, 1.165) is 12.2 Å². The first-order chi connectivity index (χ1) is 6.66. The molecule has 0 saturated heterocycles. The second kappa shape index (κ2) is 5.24. The molecule has 0 spiro atoms. The van der Waals surface area contributed by atoms with Crippen LogP contribution < -0.4 is 5.32 Å². The minimum atomic E-state index is -0.853. The van der Waals surface area contributed by atoms with E-state index in [1.165, 1.54) is 0 Å². The third kappa shape index (κ3) is 3.21. The van der Waals surface area contributed by atoms with E-state index >= 15 is 0 Å². The van der Waals surface area contributed by atoms with Crippen LogP contribution in [0.2, 0.25) is 0 Å². The lowest BCUT2D eigenvalue weighted by atomic mass is 10.3. The first-order valence-electron chi connectivity index (χ1n) is 4.66. The fraction of sp³-hybridized carbons (Fsp3) is 0.778. The minimum absolute atomic E-state index is 0.0986. The summed E-state index contributed by atoms with van der Waals surface area (Å²) in [6, 6.07) is 0. The van der Waals surface area contributed by atoms with Gasteiger partial charge in [-0.25, -0.2) is 0 Å². The summed E-state index contributed by atoms with van der Waals surface area (Å²) >= 11 is 1.74. The molecule has 2 atom stereocenters. The molecule has 1 saturated carbocycles. The molecule has 80 valence electrons. The van der Waals surface area contributed by atoms with E-state index in [9.17, 15) is 9.59 Å². The third-order valence-corrected chi connectivity index (χ3v) is 2.97. The monoisotopic (exact) mass is 217 g/mol.